The molecule has 13 N–H and O–H groups in total. The zero-order chi connectivity index (χ0) is 45.6. The second kappa shape index (κ2) is 19.4. The number of hydrogen-bond donors (Lipinski definition) is 10. The third-order valence-electron chi connectivity index (χ3n) is 10.1. The number of carbonyl (C=O) groups is 6. The van der Waals surface area contributed by atoms with E-state index in [4.69, 9.17) is 45.8 Å². The van der Waals surface area contributed by atoms with Gasteiger partial charge in [0, 0.05) is 49.1 Å². The molecule has 2 fully saturated rings. The largest absolute Gasteiger partial charge is 0.465 e. The standard InChI is InChI=1S/C36H46Cl2N16O8/c1-36(2,3)20-14-18(23(55)16-6-10-52(11-7-16)44-15-43-31(57)21-27(39)46-29(41)25(37)45-21)4-5-19(20)24(56)17-8-12-53(13-9-17)50-33(49-34(59)60)48-32(58)22-28(40)47-30(42)26(38)54(22)51-35(61)62/h4-5,14-17,22,26,51H,6-13H2,1-3H3,(H,59,60)(H,61,62)(H4,39,41,46)(H3,40,42,47)(H,43,44,57)(H2,48,49,50,58). The minimum atomic E-state index is -1.67. The number of anilines is 2. The number of carbonyl (C=O) groups excluding carboxylic acids is 4. The number of nitrogens with two attached hydrogens (primary N) is 3. The number of alkyl halides is 1. The maximum Gasteiger partial charge on any atom is 0.419 e. The van der Waals surface area contributed by atoms with Crippen LogP contribution in [0.4, 0.5) is 21.2 Å². The number of rotatable bonds is 10. The van der Waals surface area contributed by atoms with Crippen LogP contribution in [0.15, 0.2) is 33.4 Å². The molecule has 0 saturated carbocycles. The molecule has 2 aromatic rings. The molecule has 0 spiro atoms. The van der Waals surface area contributed by atoms with Crippen LogP contribution in [0.5, 0.6) is 0 Å². The Balaban J connectivity index is 1.20. The summed E-state index contributed by atoms with van der Waals surface area (Å²) < 4.78 is 0. The molecule has 24 nitrogen and oxygen atoms in total. The van der Waals surface area contributed by atoms with Crippen molar-refractivity contribution in [3.8, 4) is 0 Å². The number of nitrogens with zero attached hydrogens (tertiary/aromatic N) is 8. The quantitative estimate of drug-likeness (QED) is 0.0526. The van der Waals surface area contributed by atoms with Gasteiger partial charge in [-0.2, -0.15) is 10.1 Å². The molecular weight excluding hydrogens is 855 g/mol. The molecule has 2 unspecified atom stereocenters. The van der Waals surface area contributed by atoms with E-state index in [2.05, 4.69) is 35.8 Å². The minimum Gasteiger partial charge on any atom is -0.465 e. The number of benzene rings is 1. The second-order valence-corrected chi connectivity index (χ2v) is 16.2. The lowest BCUT2D eigenvalue weighted by Crippen LogP contribution is -2.66. The van der Waals surface area contributed by atoms with Crippen molar-refractivity contribution in [2.24, 2.45) is 32.8 Å². The smallest absolute Gasteiger partial charge is 0.419 e. The summed E-state index contributed by atoms with van der Waals surface area (Å²) in [6, 6.07) is 3.47. The van der Waals surface area contributed by atoms with E-state index in [-0.39, 0.29) is 53.1 Å². The first-order chi connectivity index (χ1) is 29.1. The van der Waals surface area contributed by atoms with E-state index in [0.717, 1.165) is 0 Å². The molecule has 5 rings (SSSR count). The Morgan fingerprint density at radius 2 is 1.50 bits per heavy atom. The third-order valence-corrected chi connectivity index (χ3v) is 10.8. The van der Waals surface area contributed by atoms with Gasteiger partial charge in [-0.25, -0.2) is 24.5 Å². The number of nitrogens with one attached hydrogen (secondary N) is 5. The topological polar surface area (TPSA) is 365 Å². The number of aliphatic imine (C=N–C) groups is 1. The molecule has 62 heavy (non-hydrogen) atoms. The number of guanidine groups is 1. The predicted molar refractivity (Wildman–Crippen MR) is 227 cm³/mol. The van der Waals surface area contributed by atoms with Crippen molar-refractivity contribution < 1.29 is 39.0 Å². The Bertz CT molecular complexity index is 2230. The molecule has 4 heterocycles. The van der Waals surface area contributed by atoms with Crippen LogP contribution in [-0.4, -0.2) is 132 Å². The fourth-order valence-electron chi connectivity index (χ4n) is 6.97. The number of amides is 4. The van der Waals surface area contributed by atoms with Gasteiger partial charge in [0.25, 0.3) is 11.8 Å². The number of Topliss-reactive ketones (excluding diaryl/α,β-unsaturated/α-hetero) is 2. The van der Waals surface area contributed by atoms with Gasteiger partial charge in [-0.3, -0.25) is 50.7 Å². The van der Waals surface area contributed by atoms with Crippen LogP contribution in [0.2, 0.25) is 5.15 Å². The first-order valence-electron chi connectivity index (χ1n) is 19.0. The molecule has 2 saturated heterocycles. The van der Waals surface area contributed by atoms with E-state index in [9.17, 15) is 39.0 Å². The van der Waals surface area contributed by atoms with Crippen molar-refractivity contribution in [3.05, 3.63) is 45.7 Å². The molecule has 3 aliphatic heterocycles. The van der Waals surface area contributed by atoms with E-state index in [1.165, 1.54) is 11.3 Å². The minimum absolute atomic E-state index is 0.0593. The van der Waals surface area contributed by atoms with Crippen molar-refractivity contribution in [1.82, 2.24) is 46.4 Å². The van der Waals surface area contributed by atoms with Crippen LogP contribution in [0.25, 0.3) is 0 Å². The predicted octanol–water partition coefficient (Wildman–Crippen LogP) is 1.18. The molecule has 0 bridgehead atoms. The average molecular weight is 902 g/mol. The van der Waals surface area contributed by atoms with E-state index in [0.29, 0.717) is 60.5 Å². The Labute approximate surface area is 363 Å². The van der Waals surface area contributed by atoms with E-state index < -0.39 is 64.5 Å². The fraction of sp³-hybridized carbons (Fsp3) is 0.444. The number of amidine groups is 2. The maximum atomic E-state index is 14.1. The van der Waals surface area contributed by atoms with Crippen LogP contribution in [0.3, 0.4) is 0 Å². The number of hydrogen-bond acceptors (Lipinski definition) is 17. The Morgan fingerprint density at radius 1 is 0.887 bits per heavy atom. The van der Waals surface area contributed by atoms with Gasteiger partial charge in [0.2, 0.25) is 5.96 Å². The van der Waals surface area contributed by atoms with Crippen LogP contribution >= 0.6 is 23.2 Å². The van der Waals surface area contributed by atoms with Gasteiger partial charge >= 0.3 is 12.2 Å². The number of piperidine rings is 2. The van der Waals surface area contributed by atoms with Crippen LogP contribution in [0.1, 0.15) is 83.2 Å². The molecule has 26 heteroatoms. The first kappa shape index (κ1) is 46.4. The average Bonchev–Trinajstić information content (AvgIpc) is 3.20. The van der Waals surface area contributed by atoms with Crippen molar-refractivity contribution in [2.45, 2.75) is 63.4 Å². The maximum absolute atomic E-state index is 14.1. The van der Waals surface area contributed by atoms with Crippen molar-refractivity contribution in [2.75, 3.05) is 37.6 Å². The van der Waals surface area contributed by atoms with E-state index in [1.54, 1.807) is 23.2 Å². The van der Waals surface area contributed by atoms with Gasteiger partial charge in [-0.1, -0.05) is 56.1 Å². The zero-order valence-corrected chi connectivity index (χ0v) is 35.2. The first-order valence-corrected chi connectivity index (χ1v) is 19.8. The van der Waals surface area contributed by atoms with Gasteiger partial charge < -0.3 is 32.7 Å². The lowest BCUT2D eigenvalue weighted by Gasteiger charge is -2.35. The van der Waals surface area contributed by atoms with E-state index >= 15 is 0 Å². The van der Waals surface area contributed by atoms with Crippen molar-refractivity contribution in [3.63, 3.8) is 0 Å². The summed E-state index contributed by atoms with van der Waals surface area (Å²) in [5.74, 6) is -4.51. The van der Waals surface area contributed by atoms with Gasteiger partial charge in [-0.05, 0) is 42.7 Å². The monoisotopic (exact) mass is 900 g/mol. The number of ketones is 2. The highest BCUT2D eigenvalue weighted by atomic mass is 35.5. The molecule has 0 aliphatic carbocycles. The van der Waals surface area contributed by atoms with Gasteiger partial charge in [-0.15, -0.1) is 5.10 Å². The molecule has 332 valence electrons. The fourth-order valence-corrected chi connectivity index (χ4v) is 7.30. The number of carboxylic acid groups (broad SMARTS) is 2. The summed E-state index contributed by atoms with van der Waals surface area (Å²) >= 11 is 12.0. The lowest BCUT2D eigenvalue weighted by molar-refractivity contribution is -0.123. The number of halogens is 2. The summed E-state index contributed by atoms with van der Waals surface area (Å²) in [6.07, 6.45) is -0.357. The normalized spacial score (nSPS) is 19.5. The van der Waals surface area contributed by atoms with Gasteiger partial charge in [0.15, 0.2) is 51.4 Å². The molecule has 1 aromatic carbocycles. The van der Waals surface area contributed by atoms with Crippen LogP contribution in [0, 0.1) is 17.2 Å². The molecule has 4 amide bonds. The molecular formula is C36H46Cl2N16O8. The van der Waals surface area contributed by atoms with Gasteiger partial charge in [0.05, 0.1) is 0 Å². The molecule has 2 atom stereocenters. The second-order valence-electron chi connectivity index (χ2n) is 15.4. The Morgan fingerprint density at radius 3 is 2.10 bits per heavy atom. The summed E-state index contributed by atoms with van der Waals surface area (Å²) in [4.78, 5) is 87.9. The zero-order valence-electron chi connectivity index (χ0n) is 33.7. The Kier molecular flexibility index (Phi) is 14.5. The lowest BCUT2D eigenvalue weighted by atomic mass is 9.77. The van der Waals surface area contributed by atoms with Crippen molar-refractivity contribution in [1.29, 1.82) is 5.41 Å². The highest BCUT2D eigenvalue weighted by molar-refractivity contribution is 6.34. The van der Waals surface area contributed by atoms with Crippen molar-refractivity contribution >= 4 is 94.4 Å². The molecule has 0 radical (unpaired) electrons. The van der Waals surface area contributed by atoms with Crippen LogP contribution in [-0.2, 0) is 10.2 Å². The summed E-state index contributed by atoms with van der Waals surface area (Å²) in [7, 11) is 0. The SMILES string of the molecule is CC(C)(C)c1cc(C(=O)C2CCN(N=CNC(=O)c3nc(Cl)c(N)nc3N)CC2)ccc1C(=O)C1CCN(N=C(NC(=O)O)NC(=O)C2C(N)=NC(=N)C(Cl)N2NC(=O)O)CC1. The highest BCUT2D eigenvalue weighted by Crippen LogP contribution is 2.33. The summed E-state index contributed by atoms with van der Waals surface area (Å²) in [6.45, 7) is 7.12. The molecule has 1 aromatic heterocycles. The number of hydrazine groups is 1. The summed E-state index contributed by atoms with van der Waals surface area (Å²) in [5.41, 5.74) is 18.5. The number of nitrogen functional groups attached to an aromatic ring is 2. The third kappa shape index (κ3) is 11.2. The molecule has 3 aliphatic rings. The highest BCUT2D eigenvalue weighted by Gasteiger charge is 2.42. The number of aromatic nitrogens is 2. The van der Waals surface area contributed by atoms with Gasteiger partial charge in [0.1, 0.15) is 12.2 Å². The number of hydrazone groups is 2. The summed E-state index contributed by atoms with van der Waals surface area (Å²) in [5, 5.41) is 45.4. The van der Waals surface area contributed by atoms with E-state index in [1.807, 2.05) is 31.5 Å². The van der Waals surface area contributed by atoms with Crippen LogP contribution < -0.4 is 38.6 Å². The Hall–Kier alpha value is -6.66.